The van der Waals surface area contributed by atoms with E-state index in [1.807, 2.05) is 68.7 Å². The fourth-order valence-corrected chi connectivity index (χ4v) is 19.5. The standard InChI is InChI=1S/C23H25N3O2S.C19H23ClN4O2S.C18H15ClN4S.C18H19ClN2O3S/c1-2-18-14-19(17-8-7-15-5-3-4-6-16(15)13-17)20-21(22(27)24-18)29-23(25-20)26-9-11-28-12-10-26;1-23(2)19(13-3-5-14(20)6-4-13)7-8-21-17(25)15-16(19)22-18(27-15)24-9-11-26-12-10-24;1-11-16-17(24-18(23-16)13-6-9-21-22-10-13)15(7-8-20-11)12-2-4-14(19)5-3-12;19-13-5-3-12(4-6-13)18(23)7-1-2-14(22)15-16(18)20-17(25-15)21-8-10-24-11-9-21/h3-8,13,18-19H,2,9-12,14H2,1H3,(H,24,27);3-6H,7-12H2,1-2H3,(H,21,25);2-6,9-10,15,20H,1,7-8H2;3-6,23H,1-2,7-11H2/t18-,19?;;;/m0.../s1. The zero-order chi connectivity index (χ0) is 72.8. The molecule has 3 saturated heterocycles. The number of fused-ring (bicyclic) bond motifs is 5. The summed E-state index contributed by atoms with van der Waals surface area (Å²) in [4.78, 5) is 69.9. The molecule has 4 N–H and O–H groups in total. The molecule has 10 aromatic rings. The van der Waals surface area contributed by atoms with E-state index in [1.54, 1.807) is 35.9 Å². The van der Waals surface area contributed by atoms with Crippen molar-refractivity contribution in [3.63, 3.8) is 0 Å². The van der Waals surface area contributed by atoms with Crippen LogP contribution >= 0.6 is 80.1 Å². The van der Waals surface area contributed by atoms with Crippen molar-refractivity contribution in [1.82, 2.24) is 51.0 Å². The molecule has 27 heteroatoms. The van der Waals surface area contributed by atoms with Gasteiger partial charge in [0.15, 0.2) is 21.2 Å². The molecule has 11 heterocycles. The summed E-state index contributed by atoms with van der Waals surface area (Å²) in [6, 6.07) is 40.3. The number of ether oxygens (including phenoxy) is 3. The topological polar surface area (TPSA) is 226 Å². The van der Waals surface area contributed by atoms with Crippen molar-refractivity contribution in [1.29, 1.82) is 0 Å². The highest BCUT2D eigenvalue weighted by molar-refractivity contribution is 7.18. The van der Waals surface area contributed by atoms with Gasteiger partial charge in [0.1, 0.15) is 31.8 Å². The van der Waals surface area contributed by atoms with Gasteiger partial charge in [-0.3, -0.25) is 19.3 Å². The third kappa shape index (κ3) is 16.1. The lowest BCUT2D eigenvalue weighted by molar-refractivity contribution is 0.0665. The molecule has 20 nitrogen and oxygen atoms in total. The lowest BCUT2D eigenvalue weighted by Gasteiger charge is -2.39. The van der Waals surface area contributed by atoms with Crippen LogP contribution in [0.4, 0.5) is 15.4 Å². The number of hydrogen-bond donors (Lipinski definition) is 4. The van der Waals surface area contributed by atoms with Gasteiger partial charge in [0.05, 0.1) is 79.5 Å². The maximum atomic E-state index is 13.0. The summed E-state index contributed by atoms with van der Waals surface area (Å²) in [5.74, 6) is 0.443. The molecule has 0 saturated carbocycles. The van der Waals surface area contributed by atoms with Gasteiger partial charge in [-0.05, 0) is 128 Å². The van der Waals surface area contributed by atoms with Crippen LogP contribution in [0.25, 0.3) is 27.0 Å². The molecule has 5 atom stereocenters. The highest BCUT2D eigenvalue weighted by Crippen LogP contribution is 2.47. The van der Waals surface area contributed by atoms with Crippen LogP contribution in [-0.2, 0) is 25.4 Å². The van der Waals surface area contributed by atoms with Gasteiger partial charge in [-0.15, -0.1) is 11.3 Å². The molecule has 5 aromatic carbocycles. The molecule has 1 aliphatic carbocycles. The molecule has 4 unspecified atom stereocenters. The average molecular weight is 1550 g/mol. The lowest BCUT2D eigenvalue weighted by atomic mass is 9.82. The third-order valence-corrected chi connectivity index (χ3v) is 25.7. The molecule has 0 spiro atoms. The van der Waals surface area contributed by atoms with Crippen LogP contribution in [-0.4, -0.2) is 170 Å². The Morgan fingerprint density at radius 2 is 1.19 bits per heavy atom. The van der Waals surface area contributed by atoms with Crippen LogP contribution in [0.1, 0.15) is 143 Å². The van der Waals surface area contributed by atoms with E-state index in [0.717, 1.165) is 141 Å². The van der Waals surface area contributed by atoms with Crippen molar-refractivity contribution in [3.8, 4) is 10.6 Å². The molecule has 6 aliphatic heterocycles. The summed E-state index contributed by atoms with van der Waals surface area (Å²) < 4.78 is 16.3. The largest absolute Gasteiger partial charge is 0.384 e. The second-order valence-electron chi connectivity index (χ2n) is 26.9. The second-order valence-corrected chi connectivity index (χ2v) is 32.2. The summed E-state index contributed by atoms with van der Waals surface area (Å²) in [5, 5.41) is 37.0. The van der Waals surface area contributed by atoms with Crippen LogP contribution in [0.15, 0.2) is 140 Å². The molecule has 0 bridgehead atoms. The quantitative estimate of drug-likeness (QED) is 0.0934. The number of nitrogens with one attached hydrogen (secondary N) is 3. The number of carbonyl (C=O) groups excluding carboxylic acids is 3. The number of aromatic nitrogens is 6. The number of rotatable bonds is 10. The van der Waals surface area contributed by atoms with E-state index in [9.17, 15) is 19.5 Å². The number of hydrogen-bond acceptors (Lipinski definition) is 22. The smallest absolute Gasteiger partial charge is 0.263 e. The van der Waals surface area contributed by atoms with Crippen molar-refractivity contribution in [2.45, 2.75) is 80.9 Å². The lowest BCUT2D eigenvalue weighted by Crippen LogP contribution is -2.44. The molecule has 7 aliphatic rings. The van der Waals surface area contributed by atoms with Gasteiger partial charge in [0.2, 0.25) is 0 Å². The molecular formula is C78H82Cl3N13O7S4. The number of Topliss-reactive ketones (excluding diaryl/α,β-unsaturated/α-hetero) is 1. The van der Waals surface area contributed by atoms with Gasteiger partial charge in [0, 0.05) is 102 Å². The van der Waals surface area contributed by atoms with E-state index in [0.29, 0.717) is 90.9 Å². The predicted molar refractivity (Wildman–Crippen MR) is 421 cm³/mol. The van der Waals surface area contributed by atoms with Crippen molar-refractivity contribution in [2.24, 2.45) is 0 Å². The first-order valence-corrected chi connectivity index (χ1v) is 40.0. The van der Waals surface area contributed by atoms with E-state index in [-0.39, 0.29) is 35.5 Å². The summed E-state index contributed by atoms with van der Waals surface area (Å²) >= 11 is 24.2. The average Bonchev–Trinajstić information content (AvgIpc) is 1.64. The third-order valence-electron chi connectivity index (χ3n) is 20.3. The van der Waals surface area contributed by atoms with Gasteiger partial charge in [-0.1, -0.05) is 161 Å². The van der Waals surface area contributed by atoms with E-state index >= 15 is 0 Å². The van der Waals surface area contributed by atoms with E-state index in [1.165, 1.54) is 60.8 Å². The number of ketones is 1. The van der Waals surface area contributed by atoms with Gasteiger partial charge in [-0.25, -0.2) is 19.9 Å². The van der Waals surface area contributed by atoms with Gasteiger partial charge in [-0.2, -0.15) is 10.2 Å². The monoisotopic (exact) mass is 1550 g/mol. The maximum Gasteiger partial charge on any atom is 0.263 e. The number of morpholine rings is 3. The minimum Gasteiger partial charge on any atom is -0.384 e. The van der Waals surface area contributed by atoms with Crippen molar-refractivity contribution < 1.29 is 33.7 Å². The Morgan fingerprint density at radius 3 is 1.81 bits per heavy atom. The molecule has 2 amide bonds. The summed E-state index contributed by atoms with van der Waals surface area (Å²) in [5.41, 5.74) is 7.62. The number of thiazole rings is 4. The minimum atomic E-state index is -1.26. The molecule has 5 aromatic heterocycles. The number of benzene rings is 5. The molecule has 17 rings (SSSR count). The Morgan fingerprint density at radius 1 is 0.610 bits per heavy atom. The SMILES string of the molecule is C=C1NCCC(c2ccc(Cl)cc2)c2sc(-c3ccnnc3)nc21.CC[C@H]1CC(c2ccc3ccccc3c2)c2nc(N3CCOCC3)sc2C(=O)N1.CN(C)C1(c2ccc(Cl)cc2)CCNC(=O)c2sc(N3CCOCC3)nc21.O=C1CCCC(O)(c2ccc(Cl)cc2)c2nc(N3CCOCC3)sc21. The first-order valence-electron chi connectivity index (χ1n) is 35.6. The fourth-order valence-electron chi connectivity index (χ4n) is 14.5. The van der Waals surface area contributed by atoms with Crippen molar-refractivity contribution >= 4 is 130 Å². The highest BCUT2D eigenvalue weighted by Gasteiger charge is 2.46. The Kier molecular flexibility index (Phi) is 23.4. The van der Waals surface area contributed by atoms with E-state index < -0.39 is 11.1 Å². The van der Waals surface area contributed by atoms with Crippen LogP contribution in [0, 0.1) is 0 Å². The highest BCUT2D eigenvalue weighted by atomic mass is 35.5. The van der Waals surface area contributed by atoms with E-state index in [4.69, 9.17) is 68.9 Å². The molecule has 105 heavy (non-hydrogen) atoms. The normalized spacial score (nSPS) is 21.7. The summed E-state index contributed by atoms with van der Waals surface area (Å²) in [7, 11) is 4.09. The van der Waals surface area contributed by atoms with Crippen LogP contribution in [0.5, 0.6) is 0 Å². The first kappa shape index (κ1) is 74.1. The number of aliphatic hydroxyl groups is 1. The molecule has 0 radical (unpaired) electrons. The first-order chi connectivity index (χ1) is 51.0. The Hall–Kier alpha value is -7.82. The number of anilines is 3. The summed E-state index contributed by atoms with van der Waals surface area (Å²) in [6.45, 7) is 16.6. The predicted octanol–water partition coefficient (Wildman–Crippen LogP) is 14.3. The minimum absolute atomic E-state index is 0.0205. The zero-order valence-electron chi connectivity index (χ0n) is 58.6. The van der Waals surface area contributed by atoms with Crippen molar-refractivity contribution in [2.75, 3.05) is 121 Å². The van der Waals surface area contributed by atoms with Gasteiger partial charge >= 0.3 is 0 Å². The Labute approximate surface area is 641 Å². The van der Waals surface area contributed by atoms with E-state index in [2.05, 4.69) is 114 Å². The van der Waals surface area contributed by atoms with Crippen LogP contribution < -0.4 is 30.7 Å². The summed E-state index contributed by atoms with van der Waals surface area (Å²) in [6.07, 6.45) is 8.50. The van der Waals surface area contributed by atoms with Crippen LogP contribution in [0.3, 0.4) is 0 Å². The second kappa shape index (κ2) is 33.1. The number of halogens is 3. The number of carbonyl (C=O) groups is 3. The Bertz CT molecular complexity index is 4720. The maximum absolute atomic E-state index is 13.0. The van der Waals surface area contributed by atoms with Gasteiger partial charge < -0.3 is 50.0 Å². The Balaban J connectivity index is 0.000000118. The van der Waals surface area contributed by atoms with Crippen molar-refractivity contribution in [3.05, 3.63) is 220 Å². The van der Waals surface area contributed by atoms with Gasteiger partial charge in [0.25, 0.3) is 11.8 Å². The molecular weight excluding hydrogens is 1470 g/mol. The number of amides is 2. The fraction of sp³-hybridized carbons (Fsp3) is 0.372. The number of nitrogens with zero attached hydrogens (tertiary/aromatic N) is 10. The molecule has 3 fully saturated rings. The molecule has 546 valence electrons. The zero-order valence-corrected chi connectivity index (χ0v) is 64.2. The van der Waals surface area contributed by atoms with Crippen LogP contribution in [0.2, 0.25) is 15.1 Å².